The van der Waals surface area contributed by atoms with Crippen molar-refractivity contribution in [1.29, 1.82) is 0 Å². The van der Waals surface area contributed by atoms with E-state index < -0.39 is 10.4 Å². The summed E-state index contributed by atoms with van der Waals surface area (Å²) in [5.41, 5.74) is 0. The van der Waals surface area contributed by atoms with Crippen LogP contribution in [0.1, 0.15) is 25.7 Å². The molecule has 1 aliphatic rings. The van der Waals surface area contributed by atoms with Gasteiger partial charge in [0.15, 0.2) is 0 Å². The van der Waals surface area contributed by atoms with E-state index in [-0.39, 0.29) is 9.90 Å². The highest BCUT2D eigenvalue weighted by Crippen LogP contribution is 2.15. The minimum atomic E-state index is -4.67. The van der Waals surface area contributed by atoms with E-state index in [9.17, 15) is 0 Å². The molecule has 10 heavy (non-hydrogen) atoms. The van der Waals surface area contributed by atoms with Crippen molar-refractivity contribution in [3.8, 4) is 0 Å². The second-order valence-corrected chi connectivity index (χ2v) is 2.76. The Labute approximate surface area is 64.2 Å². The summed E-state index contributed by atoms with van der Waals surface area (Å²) in [5, 5.41) is 0. The Hall–Kier alpha value is 0.300. The van der Waals surface area contributed by atoms with Crippen LogP contribution in [0.3, 0.4) is 0 Å². The summed E-state index contributed by atoms with van der Waals surface area (Å²) in [6.45, 7) is 0. The normalized spacial score (nSPS) is 15.4. The van der Waals surface area contributed by atoms with Crippen LogP contribution in [-0.4, -0.2) is 17.5 Å². The molecule has 0 heterocycles. The topological polar surface area (TPSA) is 74.6 Å². The molecule has 0 amide bonds. The highest BCUT2D eigenvalue weighted by atomic mass is 32.3. The third kappa shape index (κ3) is 23.9. The van der Waals surface area contributed by atoms with E-state index in [2.05, 4.69) is 0 Å². The molecule has 1 unspecified atom stereocenters. The zero-order chi connectivity index (χ0) is 7.33. The first-order valence-corrected chi connectivity index (χ1v) is 4.10. The lowest BCUT2D eigenvalue weighted by atomic mass is 10.0. The quantitative estimate of drug-likeness (QED) is 0.438. The Balaban J connectivity index is 0. The molecule has 0 aromatic carbocycles. The smallest absolute Gasteiger partial charge is 0.264 e. The van der Waals surface area contributed by atoms with Crippen LogP contribution < -0.4 is 0 Å². The van der Waals surface area contributed by atoms with Crippen LogP contribution in [0.15, 0.2) is 0 Å². The molecule has 1 rings (SSSR count). The van der Waals surface area contributed by atoms with Gasteiger partial charge in [-0.15, -0.1) is 0 Å². The third-order valence-corrected chi connectivity index (χ3v) is 1.000. The number of rotatable bonds is 0. The van der Waals surface area contributed by atoms with Crippen LogP contribution in [-0.2, 0) is 10.4 Å². The van der Waals surface area contributed by atoms with Crippen LogP contribution in [0.25, 0.3) is 0 Å². The van der Waals surface area contributed by atoms with Gasteiger partial charge in [0, 0.05) is 0 Å². The molecule has 4 nitrogen and oxygen atoms in total. The van der Waals surface area contributed by atoms with Crippen LogP contribution in [0.5, 0.6) is 0 Å². The van der Waals surface area contributed by atoms with Gasteiger partial charge in [0.25, 0.3) is 0 Å². The van der Waals surface area contributed by atoms with E-state index in [0.717, 1.165) is 0 Å². The molecular formula is C4H13O4PS. The predicted octanol–water partition coefficient (Wildman–Crippen LogP) is 0.966. The van der Waals surface area contributed by atoms with Crippen molar-refractivity contribution < 1.29 is 17.5 Å². The summed E-state index contributed by atoms with van der Waals surface area (Å²) >= 11 is 0. The van der Waals surface area contributed by atoms with Gasteiger partial charge in [-0.2, -0.15) is 18.3 Å². The summed E-state index contributed by atoms with van der Waals surface area (Å²) in [7, 11) is -4.67. The molecule has 1 aliphatic carbocycles. The molecule has 0 saturated heterocycles. The van der Waals surface area contributed by atoms with Crippen LogP contribution in [0, 0.1) is 0 Å². The van der Waals surface area contributed by atoms with Gasteiger partial charge in [0.05, 0.1) is 0 Å². The Kier molecular flexibility index (Phi) is 7.81. The van der Waals surface area contributed by atoms with Crippen molar-refractivity contribution in [2.45, 2.75) is 25.7 Å². The SMILES string of the molecule is C1CCC1.O=S(=O)(O)O.P. The Morgan fingerprint density at radius 3 is 1.00 bits per heavy atom. The highest BCUT2D eigenvalue weighted by molar-refractivity contribution is 7.79. The zero-order valence-corrected chi connectivity index (χ0v) is 7.89. The molecule has 0 aromatic rings. The molecule has 0 spiro atoms. The van der Waals surface area contributed by atoms with Gasteiger partial charge < -0.3 is 0 Å². The lowest BCUT2D eigenvalue weighted by molar-refractivity contribution is 0.381. The van der Waals surface area contributed by atoms with E-state index in [1.165, 1.54) is 25.7 Å². The van der Waals surface area contributed by atoms with Gasteiger partial charge in [-0.05, 0) is 0 Å². The molecule has 0 bridgehead atoms. The fourth-order valence-corrected chi connectivity index (χ4v) is 0.250. The first kappa shape index (κ1) is 12.9. The predicted molar refractivity (Wildman–Crippen MR) is 43.8 cm³/mol. The summed E-state index contributed by atoms with van der Waals surface area (Å²) in [6.07, 6.45) is 6.00. The number of hydrogen-bond acceptors (Lipinski definition) is 2. The van der Waals surface area contributed by atoms with E-state index in [4.69, 9.17) is 17.5 Å². The monoisotopic (exact) mass is 188 g/mol. The average Bonchev–Trinajstić information content (AvgIpc) is 1.12. The Morgan fingerprint density at radius 1 is 0.900 bits per heavy atom. The van der Waals surface area contributed by atoms with Gasteiger partial charge >= 0.3 is 10.4 Å². The first-order valence-electron chi connectivity index (χ1n) is 2.70. The van der Waals surface area contributed by atoms with Crippen molar-refractivity contribution in [3.63, 3.8) is 0 Å². The fraction of sp³-hybridized carbons (Fsp3) is 1.00. The summed E-state index contributed by atoms with van der Waals surface area (Å²) in [4.78, 5) is 0. The maximum Gasteiger partial charge on any atom is 0.394 e. The molecule has 1 saturated carbocycles. The van der Waals surface area contributed by atoms with Gasteiger partial charge in [0.1, 0.15) is 0 Å². The van der Waals surface area contributed by atoms with E-state index in [1.54, 1.807) is 0 Å². The largest absolute Gasteiger partial charge is 0.394 e. The van der Waals surface area contributed by atoms with Gasteiger partial charge in [0.2, 0.25) is 0 Å². The van der Waals surface area contributed by atoms with Crippen LogP contribution >= 0.6 is 9.90 Å². The van der Waals surface area contributed by atoms with Gasteiger partial charge in [-0.1, -0.05) is 25.7 Å². The van der Waals surface area contributed by atoms with Crippen molar-refractivity contribution in [2.75, 3.05) is 0 Å². The average molecular weight is 188 g/mol. The second-order valence-electron chi connectivity index (χ2n) is 1.86. The molecule has 0 radical (unpaired) electrons. The third-order valence-electron chi connectivity index (χ3n) is 1.000. The molecule has 64 valence electrons. The Morgan fingerprint density at radius 2 is 1.00 bits per heavy atom. The summed E-state index contributed by atoms with van der Waals surface area (Å²) in [6, 6.07) is 0. The second kappa shape index (κ2) is 6.04. The van der Waals surface area contributed by atoms with E-state index in [1.807, 2.05) is 0 Å². The molecule has 6 heteroatoms. The van der Waals surface area contributed by atoms with Crippen molar-refractivity contribution >= 4 is 20.3 Å². The van der Waals surface area contributed by atoms with Gasteiger partial charge in [-0.25, -0.2) is 0 Å². The van der Waals surface area contributed by atoms with Crippen LogP contribution in [0.4, 0.5) is 0 Å². The minimum absolute atomic E-state index is 0. The van der Waals surface area contributed by atoms with Crippen LogP contribution in [0.2, 0.25) is 0 Å². The van der Waals surface area contributed by atoms with Crippen molar-refractivity contribution in [1.82, 2.24) is 0 Å². The highest BCUT2D eigenvalue weighted by Gasteiger charge is 1.95. The molecule has 0 aliphatic heterocycles. The minimum Gasteiger partial charge on any atom is -0.264 e. The molecule has 2 N–H and O–H groups in total. The fourth-order valence-electron chi connectivity index (χ4n) is 0.250. The van der Waals surface area contributed by atoms with E-state index >= 15 is 0 Å². The zero-order valence-electron chi connectivity index (χ0n) is 5.65. The molecule has 1 fully saturated rings. The molecule has 0 aromatic heterocycles. The van der Waals surface area contributed by atoms with Crippen molar-refractivity contribution in [3.05, 3.63) is 0 Å². The number of hydrogen-bond donors (Lipinski definition) is 2. The molecule has 1 atom stereocenters. The Bertz CT molecular complexity index is 137. The maximum absolute atomic E-state index is 8.74. The lowest BCUT2D eigenvalue weighted by Gasteiger charge is -2.05. The summed E-state index contributed by atoms with van der Waals surface area (Å²) < 4.78 is 31.6. The lowest BCUT2D eigenvalue weighted by Crippen LogP contribution is -1.89. The molecular weight excluding hydrogens is 175 g/mol. The standard InChI is InChI=1S/C4H8.H2O4S.H3P/c1-2-4-3-1;1-5(2,3)4;/h1-4H2;(H2,1,2,3,4);1H3. The van der Waals surface area contributed by atoms with Crippen molar-refractivity contribution in [2.24, 2.45) is 0 Å². The van der Waals surface area contributed by atoms with Gasteiger partial charge in [-0.3, -0.25) is 9.11 Å². The maximum atomic E-state index is 8.74. The summed E-state index contributed by atoms with van der Waals surface area (Å²) in [5.74, 6) is 0. The van der Waals surface area contributed by atoms with E-state index in [0.29, 0.717) is 0 Å². The first-order chi connectivity index (χ1) is 4.00.